The van der Waals surface area contributed by atoms with Crippen molar-refractivity contribution in [3.05, 3.63) is 72.9 Å². The molecule has 2 heteroatoms. The fourth-order valence-electron chi connectivity index (χ4n) is 1.80. The average molecular weight is 267 g/mol. The summed E-state index contributed by atoms with van der Waals surface area (Å²) in [5.41, 5.74) is 1.19. The lowest BCUT2D eigenvalue weighted by atomic mass is 10.1. The van der Waals surface area contributed by atoms with Gasteiger partial charge in [0.15, 0.2) is 0 Å². The lowest BCUT2D eigenvalue weighted by molar-refractivity contribution is 0.0377. The number of nitriles is 1. The number of allylic oxidation sites excluding steroid dienone is 4. The van der Waals surface area contributed by atoms with E-state index in [9.17, 15) is 0 Å². The molecule has 0 heterocycles. The first-order valence-electron chi connectivity index (χ1n) is 6.84. The second-order valence-electron chi connectivity index (χ2n) is 4.44. The Labute approximate surface area is 121 Å². The van der Waals surface area contributed by atoms with Gasteiger partial charge in [0.05, 0.1) is 18.8 Å². The first-order valence-corrected chi connectivity index (χ1v) is 6.84. The molecule has 0 N–H and O–H groups in total. The largest absolute Gasteiger partial charge is 0.373 e. The molecule has 104 valence electrons. The molecule has 0 saturated carbocycles. The summed E-state index contributed by atoms with van der Waals surface area (Å²) in [7, 11) is 0. The first-order chi connectivity index (χ1) is 9.86. The highest BCUT2D eigenvalue weighted by molar-refractivity contribution is 5.13. The molecule has 1 unspecified atom stereocenters. The van der Waals surface area contributed by atoms with E-state index in [2.05, 4.69) is 24.8 Å². The van der Waals surface area contributed by atoms with Gasteiger partial charge in [0.2, 0.25) is 0 Å². The highest BCUT2D eigenvalue weighted by Gasteiger charge is 2.06. The molecule has 0 bridgehead atoms. The topological polar surface area (TPSA) is 33.0 Å². The summed E-state index contributed by atoms with van der Waals surface area (Å²) in [6, 6.07) is 12.1. The standard InChI is InChI=1S/C18H21NO/c1-2-11-18(14-9-4-3-5-10-15-19)20-16-17-12-7-6-8-13-17/h2-8,10,12-13,18H,1,9,11,14,16H2/b4-3+,10-5+. The Morgan fingerprint density at radius 2 is 2.05 bits per heavy atom. The fourth-order valence-corrected chi connectivity index (χ4v) is 1.80. The maximum absolute atomic E-state index is 8.36. The number of benzene rings is 1. The summed E-state index contributed by atoms with van der Waals surface area (Å²) in [6.45, 7) is 4.42. The molecule has 0 spiro atoms. The monoisotopic (exact) mass is 267 g/mol. The third kappa shape index (κ3) is 7.35. The van der Waals surface area contributed by atoms with Gasteiger partial charge in [-0.2, -0.15) is 5.26 Å². The molecule has 0 aromatic heterocycles. The van der Waals surface area contributed by atoms with Gasteiger partial charge in [-0.05, 0) is 24.8 Å². The normalized spacial score (nSPS) is 12.6. The highest BCUT2D eigenvalue weighted by atomic mass is 16.5. The number of hydrogen-bond donors (Lipinski definition) is 0. The molecule has 1 rings (SSSR count). The number of ether oxygens (including phenoxy) is 1. The summed E-state index contributed by atoms with van der Waals surface area (Å²) < 4.78 is 5.92. The van der Waals surface area contributed by atoms with Crippen LogP contribution < -0.4 is 0 Å². The highest BCUT2D eigenvalue weighted by Crippen LogP contribution is 2.12. The van der Waals surface area contributed by atoms with Crippen LogP contribution >= 0.6 is 0 Å². The third-order valence-corrected chi connectivity index (χ3v) is 2.83. The Morgan fingerprint density at radius 1 is 1.25 bits per heavy atom. The van der Waals surface area contributed by atoms with E-state index < -0.39 is 0 Å². The summed E-state index contributed by atoms with van der Waals surface area (Å²) in [4.78, 5) is 0. The number of nitrogens with zero attached hydrogens (tertiary/aromatic N) is 1. The zero-order valence-electron chi connectivity index (χ0n) is 11.7. The maximum atomic E-state index is 8.36. The predicted molar refractivity (Wildman–Crippen MR) is 83.0 cm³/mol. The number of rotatable bonds is 9. The van der Waals surface area contributed by atoms with Crippen molar-refractivity contribution < 1.29 is 4.74 Å². The fraction of sp³-hybridized carbons (Fsp3) is 0.278. The zero-order valence-corrected chi connectivity index (χ0v) is 11.7. The Bertz CT molecular complexity index is 468. The minimum absolute atomic E-state index is 0.192. The molecular weight excluding hydrogens is 246 g/mol. The van der Waals surface area contributed by atoms with Gasteiger partial charge in [0, 0.05) is 6.08 Å². The first kappa shape index (κ1) is 15.9. The van der Waals surface area contributed by atoms with Crippen molar-refractivity contribution in [2.45, 2.75) is 32.0 Å². The lowest BCUT2D eigenvalue weighted by Gasteiger charge is -2.15. The third-order valence-electron chi connectivity index (χ3n) is 2.83. The second kappa shape index (κ2) is 10.8. The van der Waals surface area contributed by atoms with Gasteiger partial charge >= 0.3 is 0 Å². The van der Waals surface area contributed by atoms with Crippen LogP contribution in [-0.2, 0) is 11.3 Å². The van der Waals surface area contributed by atoms with E-state index in [-0.39, 0.29) is 6.10 Å². The smallest absolute Gasteiger partial charge is 0.0912 e. The van der Waals surface area contributed by atoms with Crippen LogP contribution in [0.5, 0.6) is 0 Å². The summed E-state index contributed by atoms with van der Waals surface area (Å²) in [6.07, 6.45) is 12.0. The quantitative estimate of drug-likeness (QED) is 0.373. The summed E-state index contributed by atoms with van der Waals surface area (Å²) in [5.74, 6) is 0. The Morgan fingerprint density at radius 3 is 2.75 bits per heavy atom. The van der Waals surface area contributed by atoms with Crippen LogP contribution in [0.15, 0.2) is 67.3 Å². The molecule has 1 aromatic carbocycles. The van der Waals surface area contributed by atoms with Gasteiger partial charge in [-0.3, -0.25) is 0 Å². The van der Waals surface area contributed by atoms with E-state index in [1.165, 1.54) is 11.6 Å². The molecule has 1 atom stereocenters. The van der Waals surface area contributed by atoms with Crippen molar-refractivity contribution in [2.75, 3.05) is 0 Å². The minimum Gasteiger partial charge on any atom is -0.373 e. The molecule has 0 aliphatic carbocycles. The van der Waals surface area contributed by atoms with E-state index in [1.807, 2.05) is 36.4 Å². The van der Waals surface area contributed by atoms with E-state index in [0.717, 1.165) is 19.3 Å². The van der Waals surface area contributed by atoms with Gasteiger partial charge in [-0.1, -0.05) is 54.6 Å². The number of hydrogen-bond acceptors (Lipinski definition) is 2. The van der Waals surface area contributed by atoms with Crippen LogP contribution in [0.2, 0.25) is 0 Å². The van der Waals surface area contributed by atoms with Crippen LogP contribution in [0, 0.1) is 11.3 Å². The predicted octanol–water partition coefficient (Wildman–Crippen LogP) is 4.56. The molecule has 0 aliphatic heterocycles. The average Bonchev–Trinajstić information content (AvgIpc) is 2.49. The molecule has 0 amide bonds. The van der Waals surface area contributed by atoms with Crippen molar-refractivity contribution >= 4 is 0 Å². The molecule has 2 nitrogen and oxygen atoms in total. The molecule has 0 saturated heterocycles. The van der Waals surface area contributed by atoms with Crippen LogP contribution in [-0.4, -0.2) is 6.10 Å². The van der Waals surface area contributed by atoms with Crippen molar-refractivity contribution in [3.63, 3.8) is 0 Å². The summed E-state index contributed by atoms with van der Waals surface area (Å²) in [5, 5.41) is 8.36. The van der Waals surface area contributed by atoms with Gasteiger partial charge in [0.1, 0.15) is 0 Å². The van der Waals surface area contributed by atoms with Gasteiger partial charge in [-0.25, -0.2) is 0 Å². The molecule has 0 radical (unpaired) electrons. The SMILES string of the molecule is C=CCC(CC/C=C/C=C/C#N)OCc1ccccc1. The van der Waals surface area contributed by atoms with E-state index in [4.69, 9.17) is 10.00 Å². The van der Waals surface area contributed by atoms with Gasteiger partial charge < -0.3 is 4.74 Å². The zero-order chi connectivity index (χ0) is 14.5. The van der Waals surface area contributed by atoms with Gasteiger partial charge in [0.25, 0.3) is 0 Å². The molecule has 0 fully saturated rings. The minimum atomic E-state index is 0.192. The Balaban J connectivity index is 2.33. The second-order valence-corrected chi connectivity index (χ2v) is 4.44. The maximum Gasteiger partial charge on any atom is 0.0912 e. The molecule has 0 aliphatic rings. The van der Waals surface area contributed by atoms with Gasteiger partial charge in [-0.15, -0.1) is 6.58 Å². The molecule has 20 heavy (non-hydrogen) atoms. The van der Waals surface area contributed by atoms with Crippen molar-refractivity contribution in [2.24, 2.45) is 0 Å². The van der Waals surface area contributed by atoms with Crippen molar-refractivity contribution in [3.8, 4) is 6.07 Å². The Hall–Kier alpha value is -2.11. The van der Waals surface area contributed by atoms with Crippen molar-refractivity contribution in [1.29, 1.82) is 5.26 Å². The van der Waals surface area contributed by atoms with E-state index in [1.54, 1.807) is 6.08 Å². The Kier molecular flexibility index (Phi) is 8.59. The van der Waals surface area contributed by atoms with Crippen LogP contribution in [0.3, 0.4) is 0 Å². The van der Waals surface area contributed by atoms with Crippen molar-refractivity contribution in [1.82, 2.24) is 0 Å². The molecule has 1 aromatic rings. The van der Waals surface area contributed by atoms with Crippen LogP contribution in [0.1, 0.15) is 24.8 Å². The van der Waals surface area contributed by atoms with E-state index >= 15 is 0 Å². The van der Waals surface area contributed by atoms with E-state index in [0.29, 0.717) is 6.61 Å². The van der Waals surface area contributed by atoms with Crippen LogP contribution in [0.4, 0.5) is 0 Å². The molecular formula is C18H21NO. The lowest BCUT2D eigenvalue weighted by Crippen LogP contribution is -2.11. The van der Waals surface area contributed by atoms with Crippen LogP contribution in [0.25, 0.3) is 0 Å². The summed E-state index contributed by atoms with van der Waals surface area (Å²) >= 11 is 0.